The monoisotopic (exact) mass is 299 g/mol. The molecule has 0 aromatic heterocycles. The minimum Gasteiger partial charge on any atom is -0.481 e. The summed E-state index contributed by atoms with van der Waals surface area (Å²) in [6.07, 6.45) is -0.255. The van der Waals surface area contributed by atoms with Gasteiger partial charge in [0.25, 0.3) is 0 Å². The summed E-state index contributed by atoms with van der Waals surface area (Å²) < 4.78 is 27.3. The third-order valence-electron chi connectivity index (χ3n) is 3.10. The molecule has 0 saturated carbocycles. The van der Waals surface area contributed by atoms with Gasteiger partial charge in [0.15, 0.2) is 0 Å². The van der Waals surface area contributed by atoms with Crippen LogP contribution in [0.1, 0.15) is 32.8 Å². The Kier molecular flexibility index (Phi) is 4.94. The van der Waals surface area contributed by atoms with Crippen molar-refractivity contribution in [2.24, 2.45) is 5.41 Å². The highest BCUT2D eigenvalue weighted by Crippen LogP contribution is 2.24. The SMILES string of the molecule is Cc1ccccc1S(=O)(=O)NC(CC(=O)O)C(C)(C)C. The summed E-state index contributed by atoms with van der Waals surface area (Å²) in [6.45, 7) is 7.13. The van der Waals surface area contributed by atoms with Crippen LogP contribution in [0.2, 0.25) is 0 Å². The van der Waals surface area contributed by atoms with Crippen molar-refractivity contribution in [3.8, 4) is 0 Å². The molecular formula is C14H21NO4S. The molecule has 0 radical (unpaired) electrons. The van der Waals surface area contributed by atoms with Crippen molar-refractivity contribution in [1.82, 2.24) is 4.72 Å². The molecule has 0 spiro atoms. The van der Waals surface area contributed by atoms with E-state index in [9.17, 15) is 13.2 Å². The molecule has 0 bridgehead atoms. The molecule has 0 amide bonds. The van der Waals surface area contributed by atoms with Crippen LogP contribution in [0.3, 0.4) is 0 Å². The van der Waals surface area contributed by atoms with Crippen molar-refractivity contribution in [2.45, 2.75) is 45.1 Å². The Bertz CT molecular complexity index is 587. The second-order valence-electron chi connectivity index (χ2n) is 5.90. The molecule has 0 aliphatic heterocycles. The summed E-state index contributed by atoms with van der Waals surface area (Å²) in [4.78, 5) is 11.1. The Morgan fingerprint density at radius 3 is 2.30 bits per heavy atom. The van der Waals surface area contributed by atoms with Gasteiger partial charge in [0.2, 0.25) is 10.0 Å². The lowest BCUT2D eigenvalue weighted by molar-refractivity contribution is -0.138. The first-order chi connectivity index (χ1) is 9.04. The third kappa shape index (κ3) is 4.31. The zero-order valence-corrected chi connectivity index (χ0v) is 13.0. The van der Waals surface area contributed by atoms with E-state index in [1.54, 1.807) is 45.9 Å². The van der Waals surface area contributed by atoms with Crippen LogP contribution in [0.15, 0.2) is 29.2 Å². The average Bonchev–Trinajstić information content (AvgIpc) is 2.26. The standard InChI is InChI=1S/C14H21NO4S/c1-10-7-5-6-8-11(10)20(18,19)15-12(9-13(16)17)14(2,3)4/h5-8,12,15H,9H2,1-4H3,(H,16,17). The van der Waals surface area contributed by atoms with Gasteiger partial charge in [0.1, 0.15) is 0 Å². The molecule has 0 saturated heterocycles. The van der Waals surface area contributed by atoms with Crippen LogP contribution in [0.4, 0.5) is 0 Å². The molecule has 1 aromatic carbocycles. The lowest BCUT2D eigenvalue weighted by atomic mass is 9.85. The van der Waals surface area contributed by atoms with Crippen LogP contribution in [0.5, 0.6) is 0 Å². The molecule has 6 heteroatoms. The average molecular weight is 299 g/mol. The van der Waals surface area contributed by atoms with E-state index in [2.05, 4.69) is 4.72 Å². The molecular weight excluding hydrogens is 278 g/mol. The summed E-state index contributed by atoms with van der Waals surface area (Å²) >= 11 is 0. The van der Waals surface area contributed by atoms with Gasteiger partial charge in [-0.05, 0) is 24.0 Å². The maximum Gasteiger partial charge on any atom is 0.304 e. The van der Waals surface area contributed by atoms with Crippen LogP contribution in [-0.2, 0) is 14.8 Å². The predicted octanol–water partition coefficient (Wildman–Crippen LogP) is 2.16. The van der Waals surface area contributed by atoms with E-state index >= 15 is 0 Å². The van der Waals surface area contributed by atoms with Crippen LogP contribution in [-0.4, -0.2) is 25.5 Å². The maximum absolute atomic E-state index is 12.4. The maximum atomic E-state index is 12.4. The second-order valence-corrected chi connectivity index (χ2v) is 7.59. The zero-order chi connectivity index (χ0) is 15.6. The van der Waals surface area contributed by atoms with Crippen LogP contribution in [0.25, 0.3) is 0 Å². The Labute approximate surface area is 120 Å². The number of nitrogens with one attached hydrogen (secondary N) is 1. The van der Waals surface area contributed by atoms with Crippen molar-refractivity contribution >= 4 is 16.0 Å². The largest absolute Gasteiger partial charge is 0.481 e. The van der Waals surface area contributed by atoms with Gasteiger partial charge < -0.3 is 5.11 Å². The van der Waals surface area contributed by atoms with E-state index in [1.165, 1.54) is 6.07 Å². The van der Waals surface area contributed by atoms with Crippen molar-refractivity contribution in [3.05, 3.63) is 29.8 Å². The highest BCUT2D eigenvalue weighted by atomic mass is 32.2. The smallest absolute Gasteiger partial charge is 0.304 e. The molecule has 2 N–H and O–H groups in total. The van der Waals surface area contributed by atoms with Gasteiger partial charge in [0.05, 0.1) is 11.3 Å². The molecule has 0 aliphatic carbocycles. The highest BCUT2D eigenvalue weighted by molar-refractivity contribution is 7.89. The summed E-state index contributed by atoms with van der Waals surface area (Å²) in [5.74, 6) is -1.03. The third-order valence-corrected chi connectivity index (χ3v) is 4.74. The molecule has 0 heterocycles. The van der Waals surface area contributed by atoms with Gasteiger partial charge in [0, 0.05) is 6.04 Å². The number of aliphatic carboxylic acids is 1. The fourth-order valence-corrected chi connectivity index (χ4v) is 3.50. The minimum atomic E-state index is -3.73. The van der Waals surface area contributed by atoms with E-state index < -0.39 is 27.4 Å². The fraction of sp³-hybridized carbons (Fsp3) is 0.500. The summed E-state index contributed by atoms with van der Waals surface area (Å²) in [6, 6.07) is 5.94. The molecule has 1 unspecified atom stereocenters. The van der Waals surface area contributed by atoms with E-state index in [0.29, 0.717) is 5.56 Å². The van der Waals surface area contributed by atoms with Gasteiger partial charge in [-0.1, -0.05) is 39.0 Å². The molecule has 20 heavy (non-hydrogen) atoms. The number of carboxylic acids is 1. The Morgan fingerprint density at radius 1 is 1.30 bits per heavy atom. The van der Waals surface area contributed by atoms with Crippen LogP contribution < -0.4 is 4.72 Å². The van der Waals surface area contributed by atoms with E-state index in [-0.39, 0.29) is 11.3 Å². The van der Waals surface area contributed by atoms with Crippen LogP contribution >= 0.6 is 0 Å². The summed E-state index contributed by atoms with van der Waals surface area (Å²) in [7, 11) is -3.73. The molecule has 0 fully saturated rings. The minimum absolute atomic E-state index is 0.180. The lowest BCUT2D eigenvalue weighted by Gasteiger charge is -2.30. The van der Waals surface area contributed by atoms with Gasteiger partial charge >= 0.3 is 5.97 Å². The number of hydrogen-bond acceptors (Lipinski definition) is 3. The molecule has 1 atom stereocenters. The number of aryl methyl sites for hydroxylation is 1. The van der Waals surface area contributed by atoms with Crippen LogP contribution in [0, 0.1) is 12.3 Å². The number of benzene rings is 1. The Morgan fingerprint density at radius 2 is 1.85 bits per heavy atom. The Hall–Kier alpha value is -1.40. The predicted molar refractivity (Wildman–Crippen MR) is 77.0 cm³/mol. The lowest BCUT2D eigenvalue weighted by Crippen LogP contribution is -2.45. The number of carbonyl (C=O) groups is 1. The molecule has 1 rings (SSSR count). The highest BCUT2D eigenvalue weighted by Gasteiger charge is 2.31. The van der Waals surface area contributed by atoms with Crippen molar-refractivity contribution in [1.29, 1.82) is 0 Å². The fourth-order valence-electron chi connectivity index (χ4n) is 1.81. The molecule has 0 aliphatic rings. The number of carboxylic acid groups (broad SMARTS) is 1. The first-order valence-electron chi connectivity index (χ1n) is 6.34. The quantitative estimate of drug-likeness (QED) is 0.872. The van der Waals surface area contributed by atoms with Gasteiger partial charge in [-0.3, -0.25) is 4.79 Å². The summed E-state index contributed by atoms with van der Waals surface area (Å²) in [5.41, 5.74) is 0.136. The van der Waals surface area contributed by atoms with E-state index in [4.69, 9.17) is 5.11 Å². The number of rotatable bonds is 5. The zero-order valence-electron chi connectivity index (χ0n) is 12.2. The van der Waals surface area contributed by atoms with Crippen molar-refractivity contribution in [3.63, 3.8) is 0 Å². The Balaban J connectivity index is 3.10. The van der Waals surface area contributed by atoms with Crippen molar-refractivity contribution in [2.75, 3.05) is 0 Å². The molecule has 112 valence electrons. The van der Waals surface area contributed by atoms with Gasteiger partial charge in [-0.15, -0.1) is 0 Å². The van der Waals surface area contributed by atoms with Gasteiger partial charge in [-0.2, -0.15) is 0 Å². The second kappa shape index (κ2) is 5.93. The number of hydrogen-bond donors (Lipinski definition) is 2. The first-order valence-corrected chi connectivity index (χ1v) is 7.82. The van der Waals surface area contributed by atoms with Crippen molar-refractivity contribution < 1.29 is 18.3 Å². The van der Waals surface area contributed by atoms with E-state index in [0.717, 1.165) is 0 Å². The normalized spacial score (nSPS) is 14.0. The van der Waals surface area contributed by atoms with E-state index in [1.807, 2.05) is 0 Å². The molecule has 5 nitrogen and oxygen atoms in total. The topological polar surface area (TPSA) is 83.5 Å². The molecule has 1 aromatic rings. The first kappa shape index (κ1) is 16.7. The van der Waals surface area contributed by atoms with Gasteiger partial charge in [-0.25, -0.2) is 13.1 Å². The summed E-state index contributed by atoms with van der Waals surface area (Å²) in [5, 5.41) is 8.93. The number of sulfonamides is 1.